The number of halogens is 3. The van der Waals surface area contributed by atoms with Crippen molar-refractivity contribution in [2.45, 2.75) is 16.8 Å². The summed E-state index contributed by atoms with van der Waals surface area (Å²) in [5, 5.41) is 0. The lowest BCUT2D eigenvalue weighted by Gasteiger charge is -2.13. The van der Waals surface area contributed by atoms with Gasteiger partial charge in [0.05, 0.1) is 28.9 Å². The molecule has 24 heavy (non-hydrogen) atoms. The summed E-state index contributed by atoms with van der Waals surface area (Å²) in [6, 6.07) is 9.76. The van der Waals surface area contributed by atoms with Crippen LogP contribution in [-0.4, -0.2) is 21.5 Å². The molecular formula is C16H13F3O4S. The Morgan fingerprint density at radius 1 is 1.08 bits per heavy atom. The number of hydrogen-bond acceptors (Lipinski definition) is 4. The molecule has 0 spiro atoms. The van der Waals surface area contributed by atoms with E-state index in [1.165, 1.54) is 24.3 Å². The number of benzene rings is 2. The van der Waals surface area contributed by atoms with Crippen molar-refractivity contribution in [3.05, 3.63) is 65.2 Å². The van der Waals surface area contributed by atoms with E-state index < -0.39 is 38.9 Å². The summed E-state index contributed by atoms with van der Waals surface area (Å²) in [5.41, 5.74) is -1.53. The normalized spacial score (nSPS) is 12.0. The van der Waals surface area contributed by atoms with E-state index in [0.717, 1.165) is 19.2 Å². The standard InChI is InChI=1S/C16H13F3O4S/c1-23-15(20)14-9-12(16(17,18)19)8-7-11(14)10-24(21,22)13-5-3-2-4-6-13/h2-9H,10H2,1H3. The predicted octanol–water partition coefficient (Wildman–Crippen LogP) is 3.47. The minimum absolute atomic E-state index is 0.0145. The summed E-state index contributed by atoms with van der Waals surface area (Å²) in [4.78, 5) is 11.8. The first-order valence-corrected chi connectivity index (χ1v) is 8.36. The molecule has 0 N–H and O–H groups in total. The van der Waals surface area contributed by atoms with Crippen LogP contribution in [0, 0.1) is 0 Å². The highest BCUT2D eigenvalue weighted by Crippen LogP contribution is 2.31. The number of methoxy groups -OCH3 is 1. The molecule has 0 aliphatic heterocycles. The van der Waals surface area contributed by atoms with Gasteiger partial charge >= 0.3 is 12.1 Å². The first kappa shape index (κ1) is 18.0. The van der Waals surface area contributed by atoms with E-state index in [9.17, 15) is 26.4 Å². The highest BCUT2D eigenvalue weighted by molar-refractivity contribution is 7.90. The van der Waals surface area contributed by atoms with Crippen LogP contribution in [0.1, 0.15) is 21.5 Å². The second-order valence-electron chi connectivity index (χ2n) is 4.93. The van der Waals surface area contributed by atoms with Crippen LogP contribution < -0.4 is 0 Å². The van der Waals surface area contributed by atoms with Gasteiger partial charge in [0.1, 0.15) is 0 Å². The zero-order chi connectivity index (χ0) is 18.0. The molecule has 8 heteroatoms. The molecule has 2 aromatic carbocycles. The van der Waals surface area contributed by atoms with Crippen molar-refractivity contribution >= 4 is 15.8 Å². The highest BCUT2D eigenvalue weighted by atomic mass is 32.2. The Morgan fingerprint density at radius 2 is 1.71 bits per heavy atom. The number of carbonyl (C=O) groups excluding carboxylic acids is 1. The van der Waals surface area contributed by atoms with Crippen LogP contribution in [0.15, 0.2) is 53.4 Å². The molecule has 0 atom stereocenters. The maximum absolute atomic E-state index is 12.8. The smallest absolute Gasteiger partial charge is 0.416 e. The molecule has 0 bridgehead atoms. The summed E-state index contributed by atoms with van der Waals surface area (Å²) in [6.07, 6.45) is -4.65. The van der Waals surface area contributed by atoms with Crippen LogP contribution in [0.3, 0.4) is 0 Å². The fourth-order valence-corrected chi connectivity index (χ4v) is 3.49. The van der Waals surface area contributed by atoms with Gasteiger partial charge in [-0.15, -0.1) is 0 Å². The SMILES string of the molecule is COC(=O)c1cc(C(F)(F)F)ccc1CS(=O)(=O)c1ccccc1. The maximum atomic E-state index is 12.8. The molecule has 2 rings (SSSR count). The average Bonchev–Trinajstić information content (AvgIpc) is 2.54. The van der Waals surface area contributed by atoms with Gasteiger partial charge in [-0.3, -0.25) is 0 Å². The van der Waals surface area contributed by atoms with Crippen LogP contribution in [0.2, 0.25) is 0 Å². The predicted molar refractivity (Wildman–Crippen MR) is 80.1 cm³/mol. The molecule has 128 valence electrons. The summed E-state index contributed by atoms with van der Waals surface area (Å²) in [7, 11) is -2.80. The van der Waals surface area contributed by atoms with Crippen molar-refractivity contribution in [3.8, 4) is 0 Å². The molecule has 0 aromatic heterocycles. The Bertz CT molecular complexity index is 843. The van der Waals surface area contributed by atoms with Gasteiger partial charge in [0.25, 0.3) is 0 Å². The van der Waals surface area contributed by atoms with Gasteiger partial charge in [0.15, 0.2) is 9.84 Å². The van der Waals surface area contributed by atoms with Crippen LogP contribution in [-0.2, 0) is 26.5 Å². The quantitative estimate of drug-likeness (QED) is 0.786. The zero-order valence-corrected chi connectivity index (χ0v) is 13.3. The monoisotopic (exact) mass is 358 g/mol. The first-order chi connectivity index (χ1) is 11.1. The van der Waals surface area contributed by atoms with E-state index in [1.54, 1.807) is 6.07 Å². The number of carbonyl (C=O) groups is 1. The molecule has 0 heterocycles. The minimum atomic E-state index is -4.65. The van der Waals surface area contributed by atoms with Crippen molar-refractivity contribution < 1.29 is 31.1 Å². The van der Waals surface area contributed by atoms with E-state index >= 15 is 0 Å². The van der Waals surface area contributed by atoms with E-state index in [4.69, 9.17) is 0 Å². The molecule has 0 aliphatic carbocycles. The maximum Gasteiger partial charge on any atom is 0.416 e. The lowest BCUT2D eigenvalue weighted by atomic mass is 10.0. The second kappa shape index (κ2) is 6.64. The van der Waals surface area contributed by atoms with Gasteiger partial charge in [-0.25, -0.2) is 13.2 Å². The Kier molecular flexibility index (Phi) is 4.98. The molecule has 0 radical (unpaired) electrons. The lowest BCUT2D eigenvalue weighted by molar-refractivity contribution is -0.137. The average molecular weight is 358 g/mol. The van der Waals surface area contributed by atoms with E-state index in [0.29, 0.717) is 6.07 Å². The Labute approximate surface area is 136 Å². The third-order valence-electron chi connectivity index (χ3n) is 3.29. The van der Waals surface area contributed by atoms with Crippen molar-refractivity contribution in [2.24, 2.45) is 0 Å². The van der Waals surface area contributed by atoms with Gasteiger partial charge in [-0.2, -0.15) is 13.2 Å². The summed E-state index contributed by atoms with van der Waals surface area (Å²) >= 11 is 0. The van der Waals surface area contributed by atoms with Crippen LogP contribution in [0.4, 0.5) is 13.2 Å². The second-order valence-corrected chi connectivity index (χ2v) is 6.92. The number of hydrogen-bond donors (Lipinski definition) is 0. The molecule has 4 nitrogen and oxygen atoms in total. The fraction of sp³-hybridized carbons (Fsp3) is 0.188. The summed E-state index contributed by atoms with van der Waals surface area (Å²) in [5.74, 6) is -1.64. The van der Waals surface area contributed by atoms with Gasteiger partial charge < -0.3 is 4.74 Å². The molecule has 0 aliphatic rings. The molecule has 0 saturated carbocycles. The number of esters is 1. The molecule has 0 saturated heterocycles. The largest absolute Gasteiger partial charge is 0.465 e. The zero-order valence-electron chi connectivity index (χ0n) is 12.5. The molecular weight excluding hydrogens is 345 g/mol. The van der Waals surface area contributed by atoms with Crippen molar-refractivity contribution in [1.82, 2.24) is 0 Å². The molecule has 2 aromatic rings. The third kappa shape index (κ3) is 3.94. The van der Waals surface area contributed by atoms with Gasteiger partial charge in [-0.1, -0.05) is 24.3 Å². The van der Waals surface area contributed by atoms with Crippen LogP contribution in [0.5, 0.6) is 0 Å². The van der Waals surface area contributed by atoms with E-state index in [-0.39, 0.29) is 10.5 Å². The van der Waals surface area contributed by atoms with Crippen molar-refractivity contribution in [3.63, 3.8) is 0 Å². The lowest BCUT2D eigenvalue weighted by Crippen LogP contribution is -2.14. The third-order valence-corrected chi connectivity index (χ3v) is 4.97. The Hall–Kier alpha value is -2.35. The topological polar surface area (TPSA) is 60.4 Å². The van der Waals surface area contributed by atoms with Crippen molar-refractivity contribution in [2.75, 3.05) is 7.11 Å². The number of sulfone groups is 1. The van der Waals surface area contributed by atoms with E-state index in [2.05, 4.69) is 4.74 Å². The van der Waals surface area contributed by atoms with Gasteiger partial charge in [-0.05, 0) is 29.8 Å². The highest BCUT2D eigenvalue weighted by Gasteiger charge is 2.32. The summed E-state index contributed by atoms with van der Waals surface area (Å²) < 4.78 is 67.6. The van der Waals surface area contributed by atoms with Gasteiger partial charge in [0, 0.05) is 0 Å². The number of alkyl halides is 3. The number of ether oxygens (including phenoxy) is 1. The summed E-state index contributed by atoms with van der Waals surface area (Å²) in [6.45, 7) is 0. The van der Waals surface area contributed by atoms with E-state index in [1.807, 2.05) is 0 Å². The van der Waals surface area contributed by atoms with Crippen molar-refractivity contribution in [1.29, 1.82) is 0 Å². The first-order valence-electron chi connectivity index (χ1n) is 6.71. The Morgan fingerprint density at radius 3 is 2.25 bits per heavy atom. The minimum Gasteiger partial charge on any atom is -0.465 e. The molecule has 0 unspecified atom stereocenters. The number of rotatable bonds is 4. The molecule has 0 amide bonds. The fourth-order valence-electron chi connectivity index (χ4n) is 2.09. The molecule has 0 fully saturated rings. The van der Waals surface area contributed by atoms with Gasteiger partial charge in [0.2, 0.25) is 0 Å². The van der Waals surface area contributed by atoms with Crippen LogP contribution >= 0.6 is 0 Å². The Balaban J connectivity index is 2.49. The van der Waals surface area contributed by atoms with Crippen LogP contribution in [0.25, 0.3) is 0 Å².